The normalized spacial score (nSPS) is 12.2. The van der Waals surface area contributed by atoms with Crippen LogP contribution in [0.5, 0.6) is 0 Å². The van der Waals surface area contributed by atoms with Gasteiger partial charge in [0.15, 0.2) is 0 Å². The number of carbonyl (C=O) groups is 1. The number of benzene rings is 1. The van der Waals surface area contributed by atoms with E-state index in [2.05, 4.69) is 21.2 Å². The maximum atomic E-state index is 11.9. The standard InChI is InChI=1S/C13H18BrN3OS/c1-9(6-12(15)19)17(2)8-13(18)16-11-5-3-4-10(14)7-11/h3-5,7,9H,6,8H2,1-2H3,(H2,15,19)(H,16,18). The molecule has 1 atom stereocenters. The van der Waals surface area contributed by atoms with Crippen molar-refractivity contribution >= 4 is 44.7 Å². The zero-order valence-electron chi connectivity index (χ0n) is 11.0. The molecule has 0 aliphatic heterocycles. The smallest absolute Gasteiger partial charge is 0.238 e. The molecule has 1 aromatic rings. The van der Waals surface area contributed by atoms with Crippen LogP contribution in [0, 0.1) is 0 Å². The lowest BCUT2D eigenvalue weighted by Gasteiger charge is -2.23. The third kappa shape index (κ3) is 6.13. The van der Waals surface area contributed by atoms with Gasteiger partial charge in [-0.05, 0) is 32.2 Å². The van der Waals surface area contributed by atoms with E-state index in [0.717, 1.165) is 10.2 Å². The molecule has 0 radical (unpaired) electrons. The van der Waals surface area contributed by atoms with E-state index in [1.54, 1.807) is 0 Å². The van der Waals surface area contributed by atoms with Gasteiger partial charge in [-0.2, -0.15) is 0 Å². The largest absolute Gasteiger partial charge is 0.393 e. The first-order chi connectivity index (χ1) is 8.88. The van der Waals surface area contributed by atoms with Crippen LogP contribution in [0.4, 0.5) is 5.69 Å². The number of hydrogen-bond donors (Lipinski definition) is 2. The average molecular weight is 344 g/mol. The number of rotatable bonds is 6. The first-order valence-corrected chi connectivity index (χ1v) is 7.12. The molecular formula is C13H18BrN3OS. The number of nitrogens with zero attached hydrogens (tertiary/aromatic N) is 1. The van der Waals surface area contributed by atoms with Crippen LogP contribution in [0.25, 0.3) is 0 Å². The van der Waals surface area contributed by atoms with E-state index in [1.165, 1.54) is 0 Å². The molecule has 1 amide bonds. The van der Waals surface area contributed by atoms with Crippen molar-refractivity contribution in [3.63, 3.8) is 0 Å². The van der Waals surface area contributed by atoms with Gasteiger partial charge < -0.3 is 11.1 Å². The highest BCUT2D eigenvalue weighted by Gasteiger charge is 2.14. The van der Waals surface area contributed by atoms with Crippen LogP contribution in [-0.2, 0) is 4.79 Å². The average Bonchev–Trinajstić information content (AvgIpc) is 2.27. The molecule has 0 saturated heterocycles. The Morgan fingerprint density at radius 2 is 2.26 bits per heavy atom. The summed E-state index contributed by atoms with van der Waals surface area (Å²) in [6.07, 6.45) is 0.607. The summed E-state index contributed by atoms with van der Waals surface area (Å²) in [5.74, 6) is -0.0598. The van der Waals surface area contributed by atoms with Gasteiger partial charge in [-0.1, -0.05) is 34.2 Å². The summed E-state index contributed by atoms with van der Waals surface area (Å²) in [5.41, 5.74) is 6.27. The van der Waals surface area contributed by atoms with E-state index in [0.29, 0.717) is 18.0 Å². The van der Waals surface area contributed by atoms with Gasteiger partial charge in [0.2, 0.25) is 5.91 Å². The highest BCUT2D eigenvalue weighted by molar-refractivity contribution is 9.10. The van der Waals surface area contributed by atoms with Gasteiger partial charge in [-0.25, -0.2) is 0 Å². The van der Waals surface area contributed by atoms with Gasteiger partial charge in [0, 0.05) is 22.6 Å². The monoisotopic (exact) mass is 343 g/mol. The Balaban J connectivity index is 2.49. The molecule has 0 spiro atoms. The summed E-state index contributed by atoms with van der Waals surface area (Å²) < 4.78 is 0.931. The summed E-state index contributed by atoms with van der Waals surface area (Å²) in [4.78, 5) is 14.3. The minimum Gasteiger partial charge on any atom is -0.393 e. The molecule has 104 valence electrons. The fraction of sp³-hybridized carbons (Fsp3) is 0.385. The summed E-state index contributed by atoms with van der Waals surface area (Å²) in [6.45, 7) is 2.29. The summed E-state index contributed by atoms with van der Waals surface area (Å²) >= 11 is 8.23. The first kappa shape index (κ1) is 16.1. The van der Waals surface area contributed by atoms with Crippen molar-refractivity contribution in [3.8, 4) is 0 Å². The molecule has 0 saturated carbocycles. The first-order valence-electron chi connectivity index (χ1n) is 5.92. The van der Waals surface area contributed by atoms with Crippen LogP contribution >= 0.6 is 28.1 Å². The van der Waals surface area contributed by atoms with Gasteiger partial charge >= 0.3 is 0 Å². The van der Waals surface area contributed by atoms with Gasteiger partial charge in [-0.3, -0.25) is 9.69 Å². The second kappa shape index (κ2) is 7.57. The molecule has 0 aromatic heterocycles. The van der Waals surface area contributed by atoms with Crippen molar-refractivity contribution in [2.75, 3.05) is 18.9 Å². The van der Waals surface area contributed by atoms with Crippen LogP contribution in [-0.4, -0.2) is 35.4 Å². The van der Waals surface area contributed by atoms with E-state index in [1.807, 2.05) is 43.1 Å². The minimum atomic E-state index is -0.0598. The predicted octanol–water partition coefficient (Wildman–Crippen LogP) is 2.38. The number of anilines is 1. The SMILES string of the molecule is CC(CC(N)=S)N(C)CC(=O)Nc1cccc(Br)c1. The Morgan fingerprint density at radius 1 is 1.58 bits per heavy atom. The van der Waals surface area contributed by atoms with Gasteiger partial charge in [-0.15, -0.1) is 0 Å². The molecule has 0 bridgehead atoms. The Kier molecular flexibility index (Phi) is 6.41. The van der Waals surface area contributed by atoms with Crippen molar-refractivity contribution in [3.05, 3.63) is 28.7 Å². The van der Waals surface area contributed by atoms with Crippen molar-refractivity contribution in [1.82, 2.24) is 4.90 Å². The zero-order valence-corrected chi connectivity index (χ0v) is 13.4. The number of nitrogens with two attached hydrogens (primary N) is 1. The molecule has 0 aliphatic carbocycles. The summed E-state index contributed by atoms with van der Waals surface area (Å²) in [6, 6.07) is 7.63. The van der Waals surface area contributed by atoms with Crippen LogP contribution in [0.2, 0.25) is 0 Å². The Bertz CT molecular complexity index is 467. The lowest BCUT2D eigenvalue weighted by molar-refractivity contribution is -0.117. The number of thiocarbonyl (C=S) groups is 1. The molecule has 3 N–H and O–H groups in total. The van der Waals surface area contributed by atoms with Gasteiger partial charge in [0.25, 0.3) is 0 Å². The van der Waals surface area contributed by atoms with Gasteiger partial charge in [0.1, 0.15) is 0 Å². The highest BCUT2D eigenvalue weighted by Crippen LogP contribution is 2.15. The number of hydrogen-bond acceptors (Lipinski definition) is 3. The zero-order chi connectivity index (χ0) is 14.4. The third-order valence-electron chi connectivity index (χ3n) is 2.75. The quantitative estimate of drug-likeness (QED) is 0.778. The number of nitrogens with one attached hydrogen (secondary N) is 1. The summed E-state index contributed by atoms with van der Waals surface area (Å²) in [5, 5.41) is 2.85. The molecule has 6 heteroatoms. The Labute approximate surface area is 127 Å². The van der Waals surface area contributed by atoms with Crippen LogP contribution < -0.4 is 11.1 Å². The lowest BCUT2D eigenvalue weighted by Crippen LogP contribution is -2.38. The van der Waals surface area contributed by atoms with Gasteiger partial charge in [0.05, 0.1) is 11.5 Å². The van der Waals surface area contributed by atoms with Crippen LogP contribution in [0.15, 0.2) is 28.7 Å². The molecule has 4 nitrogen and oxygen atoms in total. The molecule has 1 unspecified atom stereocenters. The molecule has 19 heavy (non-hydrogen) atoms. The van der Waals surface area contributed by atoms with E-state index >= 15 is 0 Å². The van der Waals surface area contributed by atoms with Crippen LogP contribution in [0.1, 0.15) is 13.3 Å². The van der Waals surface area contributed by atoms with E-state index in [-0.39, 0.29) is 11.9 Å². The molecule has 1 aromatic carbocycles. The second-order valence-corrected chi connectivity index (χ2v) is 5.93. The van der Waals surface area contributed by atoms with E-state index < -0.39 is 0 Å². The Morgan fingerprint density at radius 3 is 2.84 bits per heavy atom. The lowest BCUT2D eigenvalue weighted by atomic mass is 10.2. The number of amides is 1. The van der Waals surface area contributed by atoms with Crippen molar-refractivity contribution in [1.29, 1.82) is 0 Å². The molecule has 0 heterocycles. The van der Waals surface area contributed by atoms with Crippen molar-refractivity contribution < 1.29 is 4.79 Å². The molecular weight excluding hydrogens is 326 g/mol. The van der Waals surface area contributed by atoms with E-state index in [9.17, 15) is 4.79 Å². The minimum absolute atomic E-state index is 0.0598. The number of likely N-dealkylation sites (N-methyl/N-ethyl adjacent to an activating group) is 1. The fourth-order valence-electron chi connectivity index (χ4n) is 1.60. The maximum absolute atomic E-state index is 11.9. The molecule has 0 fully saturated rings. The second-order valence-electron chi connectivity index (χ2n) is 4.49. The number of halogens is 1. The summed E-state index contributed by atoms with van der Waals surface area (Å²) in [7, 11) is 1.88. The molecule has 1 rings (SSSR count). The molecule has 0 aliphatic rings. The maximum Gasteiger partial charge on any atom is 0.238 e. The third-order valence-corrected chi connectivity index (χ3v) is 3.41. The number of carbonyl (C=O) groups excluding carboxylic acids is 1. The Hall–Kier alpha value is -0.980. The van der Waals surface area contributed by atoms with E-state index in [4.69, 9.17) is 18.0 Å². The van der Waals surface area contributed by atoms with Crippen molar-refractivity contribution in [2.45, 2.75) is 19.4 Å². The predicted molar refractivity (Wildman–Crippen MR) is 86.3 cm³/mol. The fourth-order valence-corrected chi connectivity index (χ4v) is 2.24. The highest BCUT2D eigenvalue weighted by atomic mass is 79.9. The topological polar surface area (TPSA) is 58.4 Å². The van der Waals surface area contributed by atoms with Crippen LogP contribution in [0.3, 0.4) is 0 Å². The van der Waals surface area contributed by atoms with Crippen molar-refractivity contribution in [2.24, 2.45) is 5.73 Å².